The molecule has 0 saturated heterocycles. The number of urea groups is 1. The van der Waals surface area contributed by atoms with Crippen LogP contribution >= 0.6 is 0 Å². The summed E-state index contributed by atoms with van der Waals surface area (Å²) in [6.45, 7) is 0.498. The Morgan fingerprint density at radius 1 is 1.42 bits per heavy atom. The van der Waals surface area contributed by atoms with Gasteiger partial charge in [0.15, 0.2) is 0 Å². The zero-order chi connectivity index (χ0) is 14.3. The van der Waals surface area contributed by atoms with Crippen molar-refractivity contribution >= 4 is 12.0 Å². The second-order valence-electron chi connectivity index (χ2n) is 5.02. The highest BCUT2D eigenvalue weighted by Crippen LogP contribution is 2.22. The number of rotatable bonds is 7. The van der Waals surface area contributed by atoms with Gasteiger partial charge in [0.25, 0.3) is 0 Å². The van der Waals surface area contributed by atoms with E-state index in [2.05, 4.69) is 5.32 Å². The fraction of sp³-hybridized carbons (Fsp3) is 0.846. The molecule has 0 bridgehead atoms. The maximum Gasteiger partial charge on any atom is 0.326 e. The third-order valence-corrected chi connectivity index (χ3v) is 3.63. The molecule has 1 aliphatic rings. The lowest BCUT2D eigenvalue weighted by atomic mass is 10.1. The molecule has 0 heterocycles. The Balaban J connectivity index is 2.43. The first kappa shape index (κ1) is 15.8. The van der Waals surface area contributed by atoms with Gasteiger partial charge in [0.05, 0.1) is 0 Å². The standard InChI is InChI=1S/C13H24N2O4/c1-15(10-6-3-4-7-10)13(18)14-11(12(16)17)8-5-9-19-2/h10-11H,3-9H2,1-2H3,(H,14,18)(H,16,17). The zero-order valence-corrected chi connectivity index (χ0v) is 11.7. The van der Waals surface area contributed by atoms with Crippen LogP contribution in [0.4, 0.5) is 4.79 Å². The first-order valence-electron chi connectivity index (χ1n) is 6.81. The highest BCUT2D eigenvalue weighted by atomic mass is 16.5. The van der Waals surface area contributed by atoms with E-state index < -0.39 is 12.0 Å². The second kappa shape index (κ2) is 7.99. The summed E-state index contributed by atoms with van der Waals surface area (Å²) in [6, 6.07) is -0.892. The quantitative estimate of drug-likeness (QED) is 0.688. The second-order valence-corrected chi connectivity index (χ2v) is 5.02. The minimum atomic E-state index is -0.996. The molecule has 19 heavy (non-hydrogen) atoms. The molecule has 110 valence electrons. The number of carboxylic acids is 1. The van der Waals surface area contributed by atoms with Crippen molar-refractivity contribution in [2.45, 2.75) is 50.6 Å². The molecule has 6 nitrogen and oxygen atoms in total. The molecule has 0 aromatic heterocycles. The fourth-order valence-corrected chi connectivity index (χ4v) is 2.40. The molecule has 1 saturated carbocycles. The SMILES string of the molecule is COCCCC(NC(=O)N(C)C1CCCC1)C(=O)O. The van der Waals surface area contributed by atoms with Crippen LogP contribution in [0.1, 0.15) is 38.5 Å². The lowest BCUT2D eigenvalue weighted by molar-refractivity contribution is -0.139. The number of methoxy groups -OCH3 is 1. The number of ether oxygens (including phenoxy) is 1. The summed E-state index contributed by atoms with van der Waals surface area (Å²) in [5.74, 6) is -0.996. The van der Waals surface area contributed by atoms with Gasteiger partial charge in [-0.25, -0.2) is 9.59 Å². The average Bonchev–Trinajstić information content (AvgIpc) is 2.90. The van der Waals surface area contributed by atoms with Gasteiger partial charge in [0.2, 0.25) is 0 Å². The smallest absolute Gasteiger partial charge is 0.326 e. The first-order valence-corrected chi connectivity index (χ1v) is 6.81. The van der Waals surface area contributed by atoms with E-state index in [1.807, 2.05) is 0 Å². The Morgan fingerprint density at radius 2 is 2.05 bits per heavy atom. The summed E-state index contributed by atoms with van der Waals surface area (Å²) >= 11 is 0. The van der Waals surface area contributed by atoms with Gasteiger partial charge in [-0.2, -0.15) is 0 Å². The Bertz CT molecular complexity index is 303. The van der Waals surface area contributed by atoms with Gasteiger partial charge in [-0.1, -0.05) is 12.8 Å². The highest BCUT2D eigenvalue weighted by molar-refractivity contribution is 5.82. The minimum Gasteiger partial charge on any atom is -0.480 e. The predicted octanol–water partition coefficient (Wildman–Crippen LogP) is 1.45. The van der Waals surface area contributed by atoms with Crippen molar-refractivity contribution in [2.24, 2.45) is 0 Å². The molecule has 2 amide bonds. The van der Waals surface area contributed by atoms with Gasteiger partial charge in [0, 0.05) is 26.8 Å². The molecule has 6 heteroatoms. The van der Waals surface area contributed by atoms with Crippen molar-refractivity contribution in [3.63, 3.8) is 0 Å². The van der Waals surface area contributed by atoms with Crippen LogP contribution in [-0.2, 0) is 9.53 Å². The van der Waals surface area contributed by atoms with Crippen LogP contribution < -0.4 is 5.32 Å². The van der Waals surface area contributed by atoms with Crippen molar-refractivity contribution in [3.8, 4) is 0 Å². The van der Waals surface area contributed by atoms with E-state index in [0.29, 0.717) is 19.4 Å². The van der Waals surface area contributed by atoms with Crippen molar-refractivity contribution < 1.29 is 19.4 Å². The predicted molar refractivity (Wildman–Crippen MR) is 71.1 cm³/mol. The van der Waals surface area contributed by atoms with E-state index in [1.54, 1.807) is 19.1 Å². The Morgan fingerprint density at radius 3 is 2.58 bits per heavy atom. The van der Waals surface area contributed by atoms with Crippen LogP contribution in [0.15, 0.2) is 0 Å². The Kier molecular flexibility index (Phi) is 6.62. The number of aliphatic carboxylic acids is 1. The molecule has 1 unspecified atom stereocenters. The van der Waals surface area contributed by atoms with Gasteiger partial charge >= 0.3 is 12.0 Å². The van der Waals surface area contributed by atoms with Gasteiger partial charge in [-0.05, 0) is 25.7 Å². The number of carboxylic acid groups (broad SMARTS) is 1. The van der Waals surface area contributed by atoms with Crippen molar-refractivity contribution in [2.75, 3.05) is 20.8 Å². The minimum absolute atomic E-state index is 0.244. The molecule has 0 spiro atoms. The number of amides is 2. The largest absolute Gasteiger partial charge is 0.480 e. The summed E-state index contributed by atoms with van der Waals surface area (Å²) in [6.07, 6.45) is 5.28. The van der Waals surface area contributed by atoms with Gasteiger partial charge in [-0.3, -0.25) is 0 Å². The monoisotopic (exact) mass is 272 g/mol. The zero-order valence-electron chi connectivity index (χ0n) is 11.7. The van der Waals surface area contributed by atoms with E-state index in [-0.39, 0.29) is 12.1 Å². The van der Waals surface area contributed by atoms with Gasteiger partial charge in [-0.15, -0.1) is 0 Å². The molecule has 0 aliphatic heterocycles. The number of nitrogens with zero attached hydrogens (tertiary/aromatic N) is 1. The summed E-state index contributed by atoms with van der Waals surface area (Å²) < 4.78 is 4.89. The summed E-state index contributed by atoms with van der Waals surface area (Å²) in [4.78, 5) is 24.7. The van der Waals surface area contributed by atoms with E-state index in [4.69, 9.17) is 9.84 Å². The number of hydrogen-bond donors (Lipinski definition) is 2. The lowest BCUT2D eigenvalue weighted by Gasteiger charge is -2.26. The topological polar surface area (TPSA) is 78.9 Å². The normalized spacial score (nSPS) is 17.2. The first-order chi connectivity index (χ1) is 9.06. The number of carbonyl (C=O) groups excluding carboxylic acids is 1. The maximum absolute atomic E-state index is 12.0. The van der Waals surface area contributed by atoms with E-state index >= 15 is 0 Å². The molecular formula is C13H24N2O4. The fourth-order valence-electron chi connectivity index (χ4n) is 2.40. The van der Waals surface area contributed by atoms with Crippen LogP contribution in [0.2, 0.25) is 0 Å². The number of nitrogens with one attached hydrogen (secondary N) is 1. The van der Waals surface area contributed by atoms with Crippen molar-refractivity contribution in [1.29, 1.82) is 0 Å². The van der Waals surface area contributed by atoms with Crippen LogP contribution in [0.3, 0.4) is 0 Å². The third-order valence-electron chi connectivity index (χ3n) is 3.63. The van der Waals surface area contributed by atoms with E-state index in [0.717, 1.165) is 25.7 Å². The van der Waals surface area contributed by atoms with Crippen LogP contribution in [0.5, 0.6) is 0 Å². The molecule has 2 N–H and O–H groups in total. The molecule has 1 rings (SSSR count). The summed E-state index contributed by atoms with van der Waals surface area (Å²) in [7, 11) is 3.31. The molecule has 1 atom stereocenters. The molecule has 1 fully saturated rings. The van der Waals surface area contributed by atoms with E-state index in [1.165, 1.54) is 0 Å². The van der Waals surface area contributed by atoms with Crippen LogP contribution in [0.25, 0.3) is 0 Å². The number of carbonyl (C=O) groups is 2. The van der Waals surface area contributed by atoms with Crippen molar-refractivity contribution in [3.05, 3.63) is 0 Å². The van der Waals surface area contributed by atoms with Crippen molar-refractivity contribution in [1.82, 2.24) is 10.2 Å². The Hall–Kier alpha value is -1.30. The van der Waals surface area contributed by atoms with Crippen LogP contribution in [-0.4, -0.2) is 54.9 Å². The van der Waals surface area contributed by atoms with Gasteiger partial charge < -0.3 is 20.1 Å². The van der Waals surface area contributed by atoms with Gasteiger partial charge in [0.1, 0.15) is 6.04 Å². The third kappa shape index (κ3) is 5.06. The Labute approximate surface area is 114 Å². The summed E-state index contributed by atoms with van der Waals surface area (Å²) in [5, 5.41) is 11.7. The highest BCUT2D eigenvalue weighted by Gasteiger charge is 2.26. The molecule has 1 aliphatic carbocycles. The molecule has 0 aromatic carbocycles. The molecule has 0 radical (unpaired) electrons. The number of hydrogen-bond acceptors (Lipinski definition) is 3. The lowest BCUT2D eigenvalue weighted by Crippen LogP contribution is -2.49. The average molecular weight is 272 g/mol. The molecular weight excluding hydrogens is 248 g/mol. The summed E-state index contributed by atoms with van der Waals surface area (Å²) in [5.41, 5.74) is 0. The molecule has 0 aromatic rings. The van der Waals surface area contributed by atoms with E-state index in [9.17, 15) is 9.59 Å². The van der Waals surface area contributed by atoms with Crippen LogP contribution in [0, 0.1) is 0 Å². The maximum atomic E-state index is 12.0.